The molecule has 1 aromatic carbocycles. The molecule has 9 heteroatoms. The number of hydrogen-bond acceptors (Lipinski definition) is 4. The van der Waals surface area contributed by atoms with Crippen molar-refractivity contribution in [1.29, 1.82) is 0 Å². The van der Waals surface area contributed by atoms with Gasteiger partial charge < -0.3 is 14.8 Å². The molecule has 3 heterocycles. The largest absolute Gasteiger partial charge is 0.496 e. The Kier molecular flexibility index (Phi) is 6.27. The molecule has 0 amide bonds. The first-order valence-electron chi connectivity index (χ1n) is 11.3. The van der Waals surface area contributed by atoms with Crippen molar-refractivity contribution in [1.82, 2.24) is 19.7 Å². The summed E-state index contributed by atoms with van der Waals surface area (Å²) < 4.78 is 36.0. The second-order valence-electron chi connectivity index (χ2n) is 8.72. The van der Waals surface area contributed by atoms with Gasteiger partial charge in [0.05, 0.1) is 30.5 Å². The average molecular weight is 487 g/mol. The minimum atomic E-state index is -0.833. The van der Waals surface area contributed by atoms with Crippen LogP contribution in [0.15, 0.2) is 43.0 Å². The van der Waals surface area contributed by atoms with E-state index in [0.717, 1.165) is 42.2 Å². The number of H-pyrrole nitrogens is 1. The summed E-state index contributed by atoms with van der Waals surface area (Å²) in [6, 6.07) is 4.86. The summed E-state index contributed by atoms with van der Waals surface area (Å²) in [6.45, 7) is -0.790. The van der Waals surface area contributed by atoms with Crippen molar-refractivity contribution in [3.63, 3.8) is 0 Å². The molecular weight excluding hydrogens is 462 g/mol. The van der Waals surface area contributed by atoms with Crippen LogP contribution in [0.4, 0.5) is 8.78 Å². The predicted octanol–water partition coefficient (Wildman–Crippen LogP) is 5.80. The monoisotopic (exact) mass is 486 g/mol. The summed E-state index contributed by atoms with van der Waals surface area (Å²) in [4.78, 5) is 7.60. The third kappa shape index (κ3) is 4.05. The fourth-order valence-corrected chi connectivity index (χ4v) is 5.13. The number of methoxy groups -OCH3 is 1. The van der Waals surface area contributed by atoms with E-state index in [2.05, 4.69) is 15.1 Å². The standard InChI is InChI=1S/C25H25ClF2N4O2/c1-34-22-7-6-21(28)24(26)23(22)19(9-27)20-12-30-25-18(20)8-14(10-29-25)15-11-31-32(13-15)16-2-4-17(33)5-3-16/h6-8,10-13,16-17,19,33H,2-5,9H2,1H3,(H,29,30)/t16-,17-,19-/m1/s1. The average Bonchev–Trinajstić information content (AvgIpc) is 3.50. The summed E-state index contributed by atoms with van der Waals surface area (Å²) >= 11 is 6.26. The number of fused-ring (bicyclic) bond motifs is 1. The molecule has 0 saturated heterocycles. The Labute approximate surface area is 200 Å². The number of hydrogen-bond donors (Lipinski definition) is 2. The highest BCUT2D eigenvalue weighted by atomic mass is 35.5. The molecule has 1 aliphatic rings. The van der Waals surface area contributed by atoms with Crippen molar-refractivity contribution < 1.29 is 18.6 Å². The molecule has 178 valence electrons. The second-order valence-corrected chi connectivity index (χ2v) is 9.10. The highest BCUT2D eigenvalue weighted by Gasteiger charge is 2.27. The van der Waals surface area contributed by atoms with Crippen LogP contribution in [-0.4, -0.2) is 44.7 Å². The summed E-state index contributed by atoms with van der Waals surface area (Å²) in [5.41, 5.74) is 3.21. The molecule has 5 rings (SSSR count). The van der Waals surface area contributed by atoms with E-state index < -0.39 is 18.4 Å². The Hall–Kier alpha value is -2.97. The molecule has 0 bridgehead atoms. The third-order valence-corrected chi connectivity index (χ3v) is 7.11. The van der Waals surface area contributed by atoms with Gasteiger partial charge in [-0.1, -0.05) is 11.6 Å². The van der Waals surface area contributed by atoms with Crippen molar-refractivity contribution in [3.05, 3.63) is 65.0 Å². The number of alkyl halides is 1. The molecule has 34 heavy (non-hydrogen) atoms. The summed E-state index contributed by atoms with van der Waals surface area (Å²) in [7, 11) is 1.45. The van der Waals surface area contributed by atoms with Crippen LogP contribution >= 0.6 is 11.6 Å². The molecule has 1 aliphatic carbocycles. The van der Waals surface area contributed by atoms with Crippen molar-refractivity contribution in [2.24, 2.45) is 0 Å². The lowest BCUT2D eigenvalue weighted by molar-refractivity contribution is 0.108. The molecule has 0 radical (unpaired) electrons. The van der Waals surface area contributed by atoms with Crippen molar-refractivity contribution >= 4 is 22.6 Å². The molecule has 2 N–H and O–H groups in total. The second kappa shape index (κ2) is 9.35. The molecule has 0 aliphatic heterocycles. The number of aliphatic hydroxyl groups excluding tert-OH is 1. The number of aliphatic hydroxyl groups is 1. The normalized spacial score (nSPS) is 19.4. The van der Waals surface area contributed by atoms with E-state index in [-0.39, 0.29) is 22.7 Å². The Morgan fingerprint density at radius 2 is 2.03 bits per heavy atom. The van der Waals surface area contributed by atoms with Gasteiger partial charge in [-0.05, 0) is 49.4 Å². The maximum atomic E-state index is 14.4. The summed E-state index contributed by atoms with van der Waals surface area (Å²) in [5.74, 6) is -1.14. The van der Waals surface area contributed by atoms with Gasteiger partial charge >= 0.3 is 0 Å². The van der Waals surface area contributed by atoms with Crippen LogP contribution < -0.4 is 4.74 Å². The van der Waals surface area contributed by atoms with Crippen molar-refractivity contribution in [2.45, 2.75) is 43.7 Å². The maximum absolute atomic E-state index is 14.4. The SMILES string of the molecule is COc1ccc(F)c(Cl)c1[C@H](CF)c1c[nH]c2ncc(-c3cnn([C@H]4CC[C@H](O)CC4)c3)cc12. The van der Waals surface area contributed by atoms with Gasteiger partial charge in [0.1, 0.15) is 23.9 Å². The van der Waals surface area contributed by atoms with Crippen molar-refractivity contribution in [3.8, 4) is 16.9 Å². The van der Waals surface area contributed by atoms with Crippen molar-refractivity contribution in [2.75, 3.05) is 13.8 Å². The molecular formula is C25H25ClF2N4O2. The van der Waals surface area contributed by atoms with Gasteiger partial charge in [0, 0.05) is 46.6 Å². The first kappa shape index (κ1) is 22.8. The third-order valence-electron chi connectivity index (χ3n) is 6.73. The van der Waals surface area contributed by atoms with Gasteiger partial charge in [-0.15, -0.1) is 0 Å². The number of halogens is 3. The molecule has 1 fully saturated rings. The number of nitrogens with zero attached hydrogens (tertiary/aromatic N) is 3. The van der Waals surface area contributed by atoms with Gasteiger partial charge in [-0.2, -0.15) is 5.10 Å². The molecule has 1 saturated carbocycles. The molecule has 1 atom stereocenters. The van der Waals surface area contributed by atoms with Gasteiger partial charge in [-0.3, -0.25) is 9.07 Å². The summed E-state index contributed by atoms with van der Waals surface area (Å²) in [5, 5.41) is 14.9. The van der Waals surface area contributed by atoms with E-state index >= 15 is 0 Å². The van der Waals surface area contributed by atoms with E-state index in [0.29, 0.717) is 17.0 Å². The number of rotatable bonds is 6. The predicted molar refractivity (Wildman–Crippen MR) is 127 cm³/mol. The van der Waals surface area contributed by atoms with E-state index in [9.17, 15) is 13.9 Å². The number of pyridine rings is 1. The smallest absolute Gasteiger partial charge is 0.142 e. The number of benzene rings is 1. The fourth-order valence-electron chi connectivity index (χ4n) is 4.85. The van der Waals surface area contributed by atoms with E-state index in [1.165, 1.54) is 19.2 Å². The topological polar surface area (TPSA) is 76.0 Å². The lowest BCUT2D eigenvalue weighted by Gasteiger charge is -2.25. The number of nitrogens with one attached hydrogen (secondary N) is 1. The van der Waals surface area contributed by atoms with E-state index in [1.54, 1.807) is 18.6 Å². The van der Waals surface area contributed by atoms with Gasteiger partial charge in [-0.25, -0.2) is 9.37 Å². The Morgan fingerprint density at radius 3 is 2.76 bits per heavy atom. The zero-order valence-corrected chi connectivity index (χ0v) is 19.4. The Balaban J connectivity index is 1.53. The maximum Gasteiger partial charge on any atom is 0.142 e. The lowest BCUT2D eigenvalue weighted by Crippen LogP contribution is -2.21. The van der Waals surface area contributed by atoms with Gasteiger partial charge in [0.2, 0.25) is 0 Å². The van der Waals surface area contributed by atoms with Crippen LogP contribution in [0.5, 0.6) is 5.75 Å². The molecule has 0 unspecified atom stereocenters. The van der Waals surface area contributed by atoms with Gasteiger partial charge in [0.15, 0.2) is 0 Å². The zero-order valence-electron chi connectivity index (χ0n) is 18.6. The van der Waals surface area contributed by atoms with Crippen LogP contribution in [0.2, 0.25) is 5.02 Å². The van der Waals surface area contributed by atoms with Crippen LogP contribution in [0, 0.1) is 5.82 Å². The molecule has 6 nitrogen and oxygen atoms in total. The minimum Gasteiger partial charge on any atom is -0.496 e. The fraction of sp³-hybridized carbons (Fsp3) is 0.360. The van der Waals surface area contributed by atoms with Gasteiger partial charge in [0.25, 0.3) is 0 Å². The number of ether oxygens (including phenoxy) is 1. The van der Waals surface area contributed by atoms with Crippen LogP contribution in [0.1, 0.15) is 48.8 Å². The number of aromatic nitrogens is 4. The van der Waals surface area contributed by atoms with Crippen LogP contribution in [0.3, 0.4) is 0 Å². The summed E-state index contributed by atoms with van der Waals surface area (Å²) in [6.07, 6.45) is 10.3. The van der Waals surface area contributed by atoms with E-state index in [1.807, 2.05) is 16.9 Å². The first-order valence-corrected chi connectivity index (χ1v) is 11.7. The molecule has 4 aromatic rings. The highest BCUT2D eigenvalue weighted by molar-refractivity contribution is 6.31. The highest BCUT2D eigenvalue weighted by Crippen LogP contribution is 2.41. The Morgan fingerprint density at radius 1 is 1.24 bits per heavy atom. The first-order chi connectivity index (χ1) is 16.5. The zero-order chi connectivity index (χ0) is 23.8. The Bertz CT molecular complexity index is 1310. The quantitative estimate of drug-likeness (QED) is 0.361. The van der Waals surface area contributed by atoms with Crippen LogP contribution in [0.25, 0.3) is 22.2 Å². The number of aromatic amines is 1. The van der Waals surface area contributed by atoms with E-state index in [4.69, 9.17) is 16.3 Å². The minimum absolute atomic E-state index is 0.153. The van der Waals surface area contributed by atoms with Crippen LogP contribution in [-0.2, 0) is 0 Å². The lowest BCUT2D eigenvalue weighted by atomic mass is 9.91. The molecule has 0 spiro atoms. The molecule has 3 aromatic heterocycles.